The fourth-order valence-corrected chi connectivity index (χ4v) is 1.49. The molecule has 0 aliphatic rings. The zero-order valence-electron chi connectivity index (χ0n) is 11.7. The van der Waals surface area contributed by atoms with Crippen molar-refractivity contribution in [3.63, 3.8) is 0 Å². The van der Waals surface area contributed by atoms with Gasteiger partial charge in [-0.25, -0.2) is 4.79 Å². The maximum absolute atomic E-state index is 11.5. The second kappa shape index (κ2) is 7.30. The molecule has 7 heteroatoms. The second-order valence-electron chi connectivity index (χ2n) is 4.91. The SMILES string of the molecule is CNC(=O)NC(=O)C(C)NCC(C)(O)CN(C)C. The molecule has 0 aliphatic heterocycles. The molecule has 0 spiro atoms. The first kappa shape index (κ1) is 16.8. The molecule has 0 bridgehead atoms. The number of nitrogens with zero attached hydrogens (tertiary/aromatic N) is 1. The van der Waals surface area contributed by atoms with E-state index in [0.29, 0.717) is 6.54 Å². The largest absolute Gasteiger partial charge is 0.388 e. The molecule has 0 aromatic heterocycles. The van der Waals surface area contributed by atoms with Crippen molar-refractivity contribution in [3.05, 3.63) is 0 Å². The van der Waals surface area contributed by atoms with Gasteiger partial charge < -0.3 is 20.6 Å². The molecule has 0 radical (unpaired) electrons. The van der Waals surface area contributed by atoms with Gasteiger partial charge in [0.15, 0.2) is 0 Å². The zero-order valence-corrected chi connectivity index (χ0v) is 11.7. The summed E-state index contributed by atoms with van der Waals surface area (Å²) in [5.41, 5.74) is -0.939. The number of hydrogen-bond acceptors (Lipinski definition) is 5. The van der Waals surface area contributed by atoms with Gasteiger partial charge in [-0.3, -0.25) is 10.1 Å². The molecule has 2 unspecified atom stereocenters. The van der Waals surface area contributed by atoms with Gasteiger partial charge in [-0.05, 0) is 27.9 Å². The summed E-state index contributed by atoms with van der Waals surface area (Å²) in [6.07, 6.45) is 0. The molecule has 18 heavy (non-hydrogen) atoms. The van der Waals surface area contributed by atoms with Crippen molar-refractivity contribution in [2.75, 3.05) is 34.2 Å². The summed E-state index contributed by atoms with van der Waals surface area (Å²) in [5.74, 6) is -0.435. The van der Waals surface area contributed by atoms with Gasteiger partial charge in [0.05, 0.1) is 11.6 Å². The third-order valence-corrected chi connectivity index (χ3v) is 2.30. The lowest BCUT2D eigenvalue weighted by atomic mass is 10.1. The summed E-state index contributed by atoms with van der Waals surface area (Å²) < 4.78 is 0. The molecule has 0 saturated carbocycles. The number of nitrogens with one attached hydrogen (secondary N) is 3. The molecule has 0 aliphatic carbocycles. The molecule has 106 valence electrons. The van der Waals surface area contributed by atoms with Crippen LogP contribution in [0.4, 0.5) is 4.79 Å². The van der Waals surface area contributed by atoms with Gasteiger partial charge in [0.1, 0.15) is 0 Å². The third kappa shape index (κ3) is 7.21. The van der Waals surface area contributed by atoms with E-state index in [9.17, 15) is 14.7 Å². The number of likely N-dealkylation sites (N-methyl/N-ethyl adjacent to an activating group) is 1. The van der Waals surface area contributed by atoms with Gasteiger partial charge in [0, 0.05) is 20.1 Å². The molecular weight excluding hydrogens is 236 g/mol. The fraction of sp³-hybridized carbons (Fsp3) is 0.818. The van der Waals surface area contributed by atoms with Crippen molar-refractivity contribution < 1.29 is 14.7 Å². The highest BCUT2D eigenvalue weighted by Crippen LogP contribution is 2.03. The Morgan fingerprint density at radius 2 is 1.94 bits per heavy atom. The normalized spacial score (nSPS) is 15.9. The standard InChI is InChI=1S/C11H24N4O3/c1-8(9(16)14-10(17)12-3)13-6-11(2,18)7-15(4)5/h8,13,18H,6-7H2,1-5H3,(H2,12,14,16,17). The van der Waals surface area contributed by atoms with E-state index in [1.54, 1.807) is 13.8 Å². The Kier molecular flexibility index (Phi) is 6.82. The molecule has 0 fully saturated rings. The van der Waals surface area contributed by atoms with Crippen LogP contribution in [0.15, 0.2) is 0 Å². The lowest BCUT2D eigenvalue weighted by Crippen LogP contribution is -2.52. The number of imide groups is 1. The first-order valence-electron chi connectivity index (χ1n) is 5.81. The molecule has 0 heterocycles. The van der Waals surface area contributed by atoms with Crippen LogP contribution in [0.3, 0.4) is 0 Å². The van der Waals surface area contributed by atoms with E-state index in [1.807, 2.05) is 19.0 Å². The smallest absolute Gasteiger partial charge is 0.321 e. The number of hydrogen-bond donors (Lipinski definition) is 4. The summed E-state index contributed by atoms with van der Waals surface area (Å²) >= 11 is 0. The minimum atomic E-state index is -0.939. The lowest BCUT2D eigenvalue weighted by Gasteiger charge is -2.28. The van der Waals surface area contributed by atoms with Crippen molar-refractivity contribution >= 4 is 11.9 Å². The number of amides is 3. The van der Waals surface area contributed by atoms with Gasteiger partial charge in [0.25, 0.3) is 0 Å². The maximum Gasteiger partial charge on any atom is 0.321 e. The number of rotatable bonds is 6. The molecule has 0 aromatic carbocycles. The summed E-state index contributed by atoms with van der Waals surface area (Å²) in [5, 5.41) is 17.4. The lowest BCUT2D eigenvalue weighted by molar-refractivity contribution is -0.121. The Bertz CT molecular complexity index is 292. The predicted octanol–water partition coefficient (Wildman–Crippen LogP) is -1.27. The predicted molar refractivity (Wildman–Crippen MR) is 69.2 cm³/mol. The van der Waals surface area contributed by atoms with Crippen molar-refractivity contribution in [1.82, 2.24) is 20.9 Å². The van der Waals surface area contributed by atoms with Crippen molar-refractivity contribution in [2.24, 2.45) is 0 Å². The zero-order chi connectivity index (χ0) is 14.3. The first-order valence-corrected chi connectivity index (χ1v) is 5.81. The molecular formula is C11H24N4O3. The highest BCUT2D eigenvalue weighted by atomic mass is 16.3. The van der Waals surface area contributed by atoms with Crippen LogP contribution in [0.1, 0.15) is 13.8 Å². The van der Waals surface area contributed by atoms with Gasteiger partial charge in [-0.15, -0.1) is 0 Å². The maximum atomic E-state index is 11.5. The van der Waals surface area contributed by atoms with Gasteiger partial charge in [-0.1, -0.05) is 0 Å². The number of urea groups is 1. The van der Waals surface area contributed by atoms with Crippen LogP contribution in [0.25, 0.3) is 0 Å². The molecule has 0 aromatic rings. The van der Waals surface area contributed by atoms with Crippen LogP contribution in [0.5, 0.6) is 0 Å². The van der Waals surface area contributed by atoms with Crippen molar-refractivity contribution in [3.8, 4) is 0 Å². The minimum absolute atomic E-state index is 0.257. The average molecular weight is 260 g/mol. The Hall–Kier alpha value is -1.18. The van der Waals surface area contributed by atoms with Crippen LogP contribution in [-0.4, -0.2) is 67.8 Å². The summed E-state index contributed by atoms with van der Waals surface area (Å²) in [7, 11) is 5.15. The van der Waals surface area contributed by atoms with Gasteiger partial charge >= 0.3 is 6.03 Å². The second-order valence-corrected chi connectivity index (χ2v) is 4.91. The van der Waals surface area contributed by atoms with Crippen LogP contribution in [-0.2, 0) is 4.79 Å². The van der Waals surface area contributed by atoms with E-state index < -0.39 is 23.6 Å². The number of aliphatic hydroxyl groups is 1. The Morgan fingerprint density at radius 1 is 1.39 bits per heavy atom. The van der Waals surface area contributed by atoms with Crippen LogP contribution in [0.2, 0.25) is 0 Å². The average Bonchev–Trinajstić information content (AvgIpc) is 2.23. The van der Waals surface area contributed by atoms with Crippen molar-refractivity contribution in [2.45, 2.75) is 25.5 Å². The quantitative estimate of drug-likeness (QED) is 0.478. The Labute approximate surface area is 108 Å². The van der Waals surface area contributed by atoms with E-state index in [2.05, 4.69) is 16.0 Å². The highest BCUT2D eigenvalue weighted by Gasteiger charge is 2.23. The molecule has 7 nitrogen and oxygen atoms in total. The van der Waals surface area contributed by atoms with Crippen molar-refractivity contribution in [1.29, 1.82) is 0 Å². The monoisotopic (exact) mass is 260 g/mol. The molecule has 4 N–H and O–H groups in total. The molecule has 3 amide bonds. The van der Waals surface area contributed by atoms with Crippen LogP contribution in [0, 0.1) is 0 Å². The van der Waals surface area contributed by atoms with E-state index in [1.165, 1.54) is 7.05 Å². The number of carbonyl (C=O) groups excluding carboxylic acids is 2. The number of carbonyl (C=O) groups is 2. The summed E-state index contributed by atoms with van der Waals surface area (Å²) in [6, 6.07) is -1.11. The molecule has 0 rings (SSSR count). The highest BCUT2D eigenvalue weighted by molar-refractivity contribution is 5.96. The van der Waals surface area contributed by atoms with E-state index in [4.69, 9.17) is 0 Å². The van der Waals surface area contributed by atoms with Crippen LogP contribution >= 0.6 is 0 Å². The van der Waals surface area contributed by atoms with Crippen LogP contribution < -0.4 is 16.0 Å². The van der Waals surface area contributed by atoms with E-state index >= 15 is 0 Å². The Morgan fingerprint density at radius 3 is 2.39 bits per heavy atom. The fourth-order valence-electron chi connectivity index (χ4n) is 1.49. The van der Waals surface area contributed by atoms with Gasteiger partial charge in [0.2, 0.25) is 5.91 Å². The topological polar surface area (TPSA) is 93.7 Å². The van der Waals surface area contributed by atoms with E-state index in [0.717, 1.165) is 0 Å². The molecule has 2 atom stereocenters. The van der Waals surface area contributed by atoms with Gasteiger partial charge in [-0.2, -0.15) is 0 Å². The Balaban J connectivity index is 4.12. The first-order chi connectivity index (χ1) is 8.18. The summed E-state index contributed by atoms with van der Waals surface area (Å²) in [4.78, 5) is 24.3. The third-order valence-electron chi connectivity index (χ3n) is 2.30. The molecule has 0 saturated heterocycles. The summed E-state index contributed by atoms with van der Waals surface area (Å²) in [6.45, 7) is 4.05. The van der Waals surface area contributed by atoms with E-state index in [-0.39, 0.29) is 6.54 Å². The minimum Gasteiger partial charge on any atom is -0.388 e.